The third kappa shape index (κ3) is 3.58. The van der Waals surface area contributed by atoms with Crippen LogP contribution < -0.4 is 5.32 Å². The average Bonchev–Trinajstić information content (AvgIpc) is 2.52. The molecular formula is C21H26N2O3S. The molecule has 6 heteroatoms. The molecule has 0 saturated heterocycles. The molecule has 27 heavy (non-hydrogen) atoms. The first kappa shape index (κ1) is 19.4. The fraction of sp³-hybridized carbons (Fsp3) is 0.381. The monoisotopic (exact) mass is 386 g/mol. The van der Waals surface area contributed by atoms with E-state index >= 15 is 0 Å². The van der Waals surface area contributed by atoms with Gasteiger partial charge in [-0.2, -0.15) is 8.42 Å². The largest absolute Gasteiger partial charge is 0.507 e. The van der Waals surface area contributed by atoms with Crippen molar-refractivity contribution in [1.82, 2.24) is 0 Å². The molecule has 3 rings (SSSR count). The summed E-state index contributed by atoms with van der Waals surface area (Å²) in [5.74, 6) is 0.517. The zero-order chi connectivity index (χ0) is 20.2. The second-order valence-corrected chi connectivity index (χ2v) is 10.5. The van der Waals surface area contributed by atoms with Crippen LogP contribution >= 0.6 is 0 Å². The van der Waals surface area contributed by atoms with Gasteiger partial charge in [0.25, 0.3) is 10.0 Å². The number of para-hydroxylation sites is 1. The first-order valence-electron chi connectivity index (χ1n) is 8.90. The number of nitrogens with one attached hydrogen (secondary N) is 1. The predicted octanol–water partition coefficient (Wildman–Crippen LogP) is 4.55. The lowest BCUT2D eigenvalue weighted by molar-refractivity contribution is 0.423. The highest BCUT2D eigenvalue weighted by Crippen LogP contribution is 2.40. The summed E-state index contributed by atoms with van der Waals surface area (Å²) in [6.07, 6.45) is 0. The first-order valence-corrected chi connectivity index (χ1v) is 10.3. The summed E-state index contributed by atoms with van der Waals surface area (Å²) in [5.41, 5.74) is 2.03. The first-order chi connectivity index (χ1) is 12.3. The molecule has 0 amide bonds. The second-order valence-electron chi connectivity index (χ2n) is 8.96. The number of anilines is 1. The Balaban J connectivity index is 2.26. The molecule has 0 fully saturated rings. The maximum Gasteiger partial charge on any atom is 0.286 e. The second kappa shape index (κ2) is 6.09. The highest BCUT2D eigenvalue weighted by atomic mass is 32.2. The number of benzene rings is 2. The summed E-state index contributed by atoms with van der Waals surface area (Å²) in [6.45, 7) is 12.1. The highest BCUT2D eigenvalue weighted by Gasteiger charge is 2.30. The zero-order valence-electron chi connectivity index (χ0n) is 16.6. The maximum atomic E-state index is 12.6. The van der Waals surface area contributed by atoms with Crippen molar-refractivity contribution in [2.45, 2.75) is 57.3 Å². The van der Waals surface area contributed by atoms with Gasteiger partial charge in [0, 0.05) is 16.7 Å². The molecule has 144 valence electrons. The SMILES string of the molecule is CC(C)(C)c1cc(C2=NS(=O)(=O)c3ccccc3N2)cc(C(C)(C)C)c1O. The Labute approximate surface area is 161 Å². The summed E-state index contributed by atoms with van der Waals surface area (Å²) in [4.78, 5) is 0.166. The van der Waals surface area contributed by atoms with Crippen LogP contribution in [0.2, 0.25) is 0 Å². The number of hydrogen-bond donors (Lipinski definition) is 2. The van der Waals surface area contributed by atoms with E-state index < -0.39 is 10.0 Å². The number of aromatic hydroxyl groups is 1. The quantitative estimate of drug-likeness (QED) is 0.754. The van der Waals surface area contributed by atoms with Crippen LogP contribution in [0.5, 0.6) is 5.75 Å². The van der Waals surface area contributed by atoms with Gasteiger partial charge in [-0.05, 0) is 35.1 Å². The molecule has 5 nitrogen and oxygen atoms in total. The topological polar surface area (TPSA) is 78.8 Å². The van der Waals surface area contributed by atoms with Crippen molar-refractivity contribution in [2.24, 2.45) is 4.40 Å². The standard InChI is InChI=1S/C21H26N2O3S/c1-20(2,3)14-11-13(12-15(18(14)24)21(4,5)6)19-22-16-9-7-8-10-17(16)27(25,26)23-19/h7-12,24H,1-6H3,(H,22,23). The Hall–Kier alpha value is -2.34. The van der Waals surface area contributed by atoms with Crippen LogP contribution in [0.1, 0.15) is 58.2 Å². The van der Waals surface area contributed by atoms with Crippen LogP contribution in [0.4, 0.5) is 5.69 Å². The molecule has 0 atom stereocenters. The van der Waals surface area contributed by atoms with Gasteiger partial charge in [0.15, 0.2) is 5.84 Å². The Morgan fingerprint density at radius 3 is 1.96 bits per heavy atom. The van der Waals surface area contributed by atoms with Crippen LogP contribution in [0.25, 0.3) is 0 Å². The smallest absolute Gasteiger partial charge is 0.286 e. The van der Waals surface area contributed by atoms with Gasteiger partial charge >= 0.3 is 0 Å². The number of fused-ring (bicyclic) bond motifs is 1. The Morgan fingerprint density at radius 2 is 1.44 bits per heavy atom. The number of sulfonamides is 1. The molecule has 0 aromatic heterocycles. The van der Waals surface area contributed by atoms with E-state index in [0.717, 1.165) is 11.1 Å². The molecule has 2 aromatic carbocycles. The number of hydrogen-bond acceptors (Lipinski definition) is 4. The zero-order valence-corrected chi connectivity index (χ0v) is 17.4. The van der Waals surface area contributed by atoms with Crippen LogP contribution in [-0.4, -0.2) is 19.4 Å². The molecule has 0 saturated carbocycles. The van der Waals surface area contributed by atoms with E-state index in [4.69, 9.17) is 0 Å². The lowest BCUT2D eigenvalue weighted by atomic mass is 9.78. The Kier molecular flexibility index (Phi) is 4.38. The fourth-order valence-electron chi connectivity index (χ4n) is 3.15. The number of nitrogens with zero attached hydrogens (tertiary/aromatic N) is 1. The summed E-state index contributed by atoms with van der Waals surface area (Å²) >= 11 is 0. The van der Waals surface area contributed by atoms with Crippen LogP contribution in [-0.2, 0) is 20.9 Å². The fourth-order valence-corrected chi connectivity index (χ4v) is 4.29. The van der Waals surface area contributed by atoms with Crippen molar-refractivity contribution in [3.8, 4) is 5.75 Å². The molecule has 0 bridgehead atoms. The van der Waals surface area contributed by atoms with Gasteiger partial charge in [-0.1, -0.05) is 53.7 Å². The molecule has 0 radical (unpaired) electrons. The average molecular weight is 387 g/mol. The van der Waals surface area contributed by atoms with Gasteiger partial charge in [-0.25, -0.2) is 0 Å². The molecule has 1 aliphatic rings. The van der Waals surface area contributed by atoms with E-state index in [0.29, 0.717) is 11.3 Å². The molecule has 0 aliphatic carbocycles. The molecular weight excluding hydrogens is 360 g/mol. The minimum Gasteiger partial charge on any atom is -0.507 e. The van der Waals surface area contributed by atoms with Crippen molar-refractivity contribution < 1.29 is 13.5 Å². The molecule has 2 N–H and O–H groups in total. The summed E-state index contributed by atoms with van der Waals surface area (Å²) < 4.78 is 29.2. The number of phenols is 1. The van der Waals surface area contributed by atoms with Crippen molar-refractivity contribution in [1.29, 1.82) is 0 Å². The molecule has 1 heterocycles. The minimum atomic E-state index is -3.78. The van der Waals surface area contributed by atoms with Crippen molar-refractivity contribution in [3.05, 3.63) is 53.1 Å². The normalized spacial score (nSPS) is 16.3. The van der Waals surface area contributed by atoms with Gasteiger partial charge in [0.1, 0.15) is 10.6 Å². The van der Waals surface area contributed by atoms with Crippen LogP contribution in [0.15, 0.2) is 45.7 Å². The molecule has 1 aliphatic heterocycles. The van der Waals surface area contributed by atoms with Crippen molar-refractivity contribution >= 4 is 21.5 Å². The Bertz CT molecular complexity index is 1000. The number of amidine groups is 1. The summed E-state index contributed by atoms with van der Waals surface area (Å²) in [7, 11) is -3.78. The lowest BCUT2D eigenvalue weighted by Crippen LogP contribution is -2.25. The predicted molar refractivity (Wildman–Crippen MR) is 109 cm³/mol. The van der Waals surface area contributed by atoms with Gasteiger partial charge in [-0.15, -0.1) is 4.40 Å². The van der Waals surface area contributed by atoms with Gasteiger partial charge in [0.05, 0.1) is 5.69 Å². The third-order valence-corrected chi connectivity index (χ3v) is 5.96. The van der Waals surface area contributed by atoms with E-state index in [-0.39, 0.29) is 27.3 Å². The van der Waals surface area contributed by atoms with E-state index in [9.17, 15) is 13.5 Å². The maximum absolute atomic E-state index is 12.6. The third-order valence-electron chi connectivity index (χ3n) is 4.63. The highest BCUT2D eigenvalue weighted by molar-refractivity contribution is 7.90. The van der Waals surface area contributed by atoms with Crippen LogP contribution in [0, 0.1) is 0 Å². The van der Waals surface area contributed by atoms with Gasteiger partial charge < -0.3 is 10.4 Å². The number of phenolic OH excluding ortho intramolecular Hbond substituents is 1. The van der Waals surface area contributed by atoms with Crippen molar-refractivity contribution in [3.63, 3.8) is 0 Å². The van der Waals surface area contributed by atoms with Gasteiger partial charge in [-0.3, -0.25) is 0 Å². The lowest BCUT2D eigenvalue weighted by Gasteiger charge is -2.29. The summed E-state index contributed by atoms with van der Waals surface area (Å²) in [6, 6.07) is 10.4. The minimum absolute atomic E-state index is 0.166. The van der Waals surface area contributed by atoms with E-state index in [1.165, 1.54) is 6.07 Å². The van der Waals surface area contributed by atoms with Crippen molar-refractivity contribution in [2.75, 3.05) is 5.32 Å². The van der Waals surface area contributed by atoms with Crippen LogP contribution in [0.3, 0.4) is 0 Å². The Morgan fingerprint density at radius 1 is 0.926 bits per heavy atom. The number of rotatable bonds is 1. The molecule has 0 spiro atoms. The summed E-state index contributed by atoms with van der Waals surface area (Å²) in [5, 5.41) is 14.0. The van der Waals surface area contributed by atoms with E-state index in [1.807, 2.05) is 53.7 Å². The molecule has 0 unspecified atom stereocenters. The molecule has 2 aromatic rings. The van der Waals surface area contributed by atoms with E-state index in [2.05, 4.69) is 9.71 Å². The van der Waals surface area contributed by atoms with E-state index in [1.54, 1.807) is 18.2 Å². The van der Waals surface area contributed by atoms with Gasteiger partial charge in [0.2, 0.25) is 0 Å².